The van der Waals surface area contributed by atoms with Crippen LogP contribution in [0.25, 0.3) is 0 Å². The predicted octanol–water partition coefficient (Wildman–Crippen LogP) is 2.53. The fourth-order valence-corrected chi connectivity index (χ4v) is 2.28. The molecule has 0 bridgehead atoms. The highest BCUT2D eigenvalue weighted by Gasteiger charge is 2.34. The van der Waals surface area contributed by atoms with E-state index in [9.17, 15) is 5.26 Å². The van der Waals surface area contributed by atoms with E-state index in [2.05, 4.69) is 37.2 Å². The monoisotopic (exact) mass is 237 g/mol. The Labute approximate surface area is 106 Å². The molecular formula is C14H27N3. The van der Waals surface area contributed by atoms with E-state index in [0.717, 1.165) is 32.4 Å². The first-order chi connectivity index (χ1) is 8.15. The maximum absolute atomic E-state index is 9.40. The Morgan fingerprint density at radius 1 is 1.35 bits per heavy atom. The molecule has 1 aliphatic rings. The Kier molecular flexibility index (Phi) is 5.94. The normalized spacial score (nSPS) is 19.0. The zero-order valence-electron chi connectivity index (χ0n) is 11.6. The van der Waals surface area contributed by atoms with E-state index in [1.54, 1.807) is 0 Å². The predicted molar refractivity (Wildman–Crippen MR) is 71.8 cm³/mol. The van der Waals surface area contributed by atoms with Gasteiger partial charge in [0.2, 0.25) is 0 Å². The highest BCUT2D eigenvalue weighted by atomic mass is 15.1. The molecule has 1 unspecified atom stereocenters. The van der Waals surface area contributed by atoms with Crippen LogP contribution >= 0.6 is 0 Å². The van der Waals surface area contributed by atoms with E-state index in [-0.39, 0.29) is 5.54 Å². The summed E-state index contributed by atoms with van der Waals surface area (Å²) in [6, 6.07) is 3.13. The molecule has 0 saturated heterocycles. The number of nitriles is 1. The van der Waals surface area contributed by atoms with E-state index >= 15 is 0 Å². The van der Waals surface area contributed by atoms with E-state index < -0.39 is 0 Å². The van der Waals surface area contributed by atoms with Gasteiger partial charge in [-0.05, 0) is 58.7 Å². The third-order valence-corrected chi connectivity index (χ3v) is 3.62. The van der Waals surface area contributed by atoms with Crippen molar-refractivity contribution in [1.29, 1.82) is 5.26 Å². The van der Waals surface area contributed by atoms with Gasteiger partial charge in [0.05, 0.1) is 6.07 Å². The van der Waals surface area contributed by atoms with Crippen molar-refractivity contribution < 1.29 is 0 Å². The first-order valence-electron chi connectivity index (χ1n) is 7.03. The second-order valence-corrected chi connectivity index (χ2v) is 5.37. The molecule has 0 spiro atoms. The lowest BCUT2D eigenvalue weighted by atomic mass is 9.91. The molecule has 0 aliphatic heterocycles. The number of hydrogen-bond donors (Lipinski definition) is 1. The Hall–Kier alpha value is -0.590. The van der Waals surface area contributed by atoms with E-state index in [1.165, 1.54) is 19.3 Å². The molecule has 1 N–H and O–H groups in total. The summed E-state index contributed by atoms with van der Waals surface area (Å²) in [5.41, 5.74) is -0.270. The van der Waals surface area contributed by atoms with Crippen molar-refractivity contribution in [2.24, 2.45) is 0 Å². The highest BCUT2D eigenvalue weighted by Crippen LogP contribution is 2.26. The largest absolute Gasteiger partial charge is 0.306 e. The molecule has 3 nitrogen and oxygen atoms in total. The molecular weight excluding hydrogens is 210 g/mol. The van der Waals surface area contributed by atoms with Crippen LogP contribution in [-0.2, 0) is 0 Å². The molecule has 3 heteroatoms. The van der Waals surface area contributed by atoms with Crippen LogP contribution in [0.15, 0.2) is 0 Å². The summed E-state index contributed by atoms with van der Waals surface area (Å²) in [5.74, 6) is 0. The molecule has 0 aromatic heterocycles. The molecule has 1 saturated carbocycles. The maximum atomic E-state index is 9.40. The zero-order chi connectivity index (χ0) is 12.7. The minimum atomic E-state index is -0.270. The van der Waals surface area contributed by atoms with Gasteiger partial charge in [-0.3, -0.25) is 5.32 Å². The second kappa shape index (κ2) is 6.98. The van der Waals surface area contributed by atoms with Gasteiger partial charge < -0.3 is 4.90 Å². The molecule has 98 valence electrons. The summed E-state index contributed by atoms with van der Waals surface area (Å²) in [5, 5.41) is 12.9. The Morgan fingerprint density at radius 3 is 2.53 bits per heavy atom. The van der Waals surface area contributed by atoms with E-state index in [0.29, 0.717) is 6.04 Å². The van der Waals surface area contributed by atoms with Crippen molar-refractivity contribution in [3.63, 3.8) is 0 Å². The van der Waals surface area contributed by atoms with Gasteiger partial charge in [0.1, 0.15) is 5.54 Å². The molecule has 0 aromatic rings. The molecule has 1 rings (SSSR count). The molecule has 17 heavy (non-hydrogen) atoms. The number of hydrogen-bond acceptors (Lipinski definition) is 3. The average molecular weight is 237 g/mol. The summed E-state index contributed by atoms with van der Waals surface area (Å²) in [6.07, 6.45) is 6.70. The fraction of sp³-hybridized carbons (Fsp3) is 0.929. The van der Waals surface area contributed by atoms with Crippen LogP contribution in [0.5, 0.6) is 0 Å². The van der Waals surface area contributed by atoms with Crippen LogP contribution < -0.4 is 5.32 Å². The smallest absolute Gasteiger partial charge is 0.106 e. The molecule has 1 fully saturated rings. The zero-order valence-corrected chi connectivity index (χ0v) is 11.6. The third kappa shape index (κ3) is 5.06. The van der Waals surface area contributed by atoms with Crippen LogP contribution in [0.1, 0.15) is 52.4 Å². The molecule has 0 amide bonds. The molecule has 0 heterocycles. The van der Waals surface area contributed by atoms with Crippen LogP contribution in [0.2, 0.25) is 0 Å². The van der Waals surface area contributed by atoms with Crippen molar-refractivity contribution in [3.05, 3.63) is 0 Å². The number of nitrogens with zero attached hydrogens (tertiary/aromatic N) is 2. The van der Waals surface area contributed by atoms with Crippen LogP contribution in [0.3, 0.4) is 0 Å². The number of rotatable bonds is 9. The third-order valence-electron chi connectivity index (χ3n) is 3.62. The summed E-state index contributed by atoms with van der Waals surface area (Å²) in [4.78, 5) is 2.36. The lowest BCUT2D eigenvalue weighted by molar-refractivity contribution is 0.293. The van der Waals surface area contributed by atoms with E-state index in [4.69, 9.17) is 0 Å². The van der Waals surface area contributed by atoms with Crippen LogP contribution in [0.4, 0.5) is 0 Å². The van der Waals surface area contributed by atoms with Crippen molar-refractivity contribution in [3.8, 4) is 6.07 Å². The van der Waals surface area contributed by atoms with Gasteiger partial charge >= 0.3 is 0 Å². The minimum absolute atomic E-state index is 0.270. The van der Waals surface area contributed by atoms with Gasteiger partial charge in [0.25, 0.3) is 0 Å². The van der Waals surface area contributed by atoms with Crippen molar-refractivity contribution >= 4 is 0 Å². The van der Waals surface area contributed by atoms with Crippen molar-refractivity contribution in [2.75, 3.05) is 20.1 Å². The lowest BCUT2D eigenvalue weighted by Gasteiger charge is -2.27. The maximum Gasteiger partial charge on any atom is 0.106 e. The standard InChI is InChI=1S/C14H27N3/c1-4-10-17(3)11-6-9-14(5-2,12-15)16-13-7-8-13/h13,16H,4-11H2,1-3H3. The SMILES string of the molecule is CCCN(C)CCCC(C#N)(CC)NC1CC1. The molecule has 0 radical (unpaired) electrons. The van der Waals surface area contributed by atoms with Crippen molar-refractivity contribution in [1.82, 2.24) is 10.2 Å². The quantitative estimate of drug-likeness (QED) is 0.670. The van der Waals surface area contributed by atoms with Crippen LogP contribution in [-0.4, -0.2) is 36.6 Å². The second-order valence-electron chi connectivity index (χ2n) is 5.37. The van der Waals surface area contributed by atoms with Gasteiger partial charge in [0.15, 0.2) is 0 Å². The summed E-state index contributed by atoms with van der Waals surface area (Å²) < 4.78 is 0. The minimum Gasteiger partial charge on any atom is -0.306 e. The summed E-state index contributed by atoms with van der Waals surface area (Å²) in [6.45, 7) is 6.58. The Balaban J connectivity index is 2.31. The Morgan fingerprint density at radius 2 is 2.06 bits per heavy atom. The van der Waals surface area contributed by atoms with Gasteiger partial charge in [-0.15, -0.1) is 0 Å². The van der Waals surface area contributed by atoms with Gasteiger partial charge in [-0.1, -0.05) is 13.8 Å². The number of nitrogens with one attached hydrogen (secondary N) is 1. The van der Waals surface area contributed by atoms with Gasteiger partial charge in [-0.2, -0.15) is 5.26 Å². The fourth-order valence-electron chi connectivity index (χ4n) is 2.28. The first kappa shape index (κ1) is 14.5. The highest BCUT2D eigenvalue weighted by molar-refractivity contribution is 5.09. The molecule has 0 aromatic carbocycles. The van der Waals surface area contributed by atoms with Crippen LogP contribution in [0, 0.1) is 11.3 Å². The summed E-state index contributed by atoms with van der Waals surface area (Å²) >= 11 is 0. The topological polar surface area (TPSA) is 39.1 Å². The van der Waals surface area contributed by atoms with Crippen molar-refractivity contribution in [2.45, 2.75) is 64.0 Å². The molecule has 1 aliphatic carbocycles. The van der Waals surface area contributed by atoms with Gasteiger partial charge in [0, 0.05) is 6.04 Å². The Bertz CT molecular complexity index is 255. The molecule has 1 atom stereocenters. The lowest BCUT2D eigenvalue weighted by Crippen LogP contribution is -2.45. The van der Waals surface area contributed by atoms with E-state index in [1.807, 2.05) is 0 Å². The first-order valence-corrected chi connectivity index (χ1v) is 7.03. The average Bonchev–Trinajstić information content (AvgIpc) is 3.12. The van der Waals surface area contributed by atoms with Gasteiger partial charge in [-0.25, -0.2) is 0 Å². The summed E-state index contributed by atoms with van der Waals surface area (Å²) in [7, 11) is 2.16.